The Balaban J connectivity index is 1.63. The molecule has 2 aliphatic rings. The number of aliphatic hydroxyl groups excluding tert-OH is 1. The van der Waals surface area contributed by atoms with E-state index < -0.39 is 0 Å². The highest BCUT2D eigenvalue weighted by atomic mass is 32.2. The smallest absolute Gasteiger partial charge is 0.286 e. The van der Waals surface area contributed by atoms with E-state index in [9.17, 15) is 9.18 Å². The molecule has 1 amide bonds. The van der Waals surface area contributed by atoms with Gasteiger partial charge in [-0.3, -0.25) is 9.69 Å². The van der Waals surface area contributed by atoms with Crippen LogP contribution in [0.4, 0.5) is 4.39 Å². The molecule has 2 heterocycles. The maximum absolute atomic E-state index is 12.9. The summed E-state index contributed by atoms with van der Waals surface area (Å²) in [5, 5.41) is 9.69. The maximum atomic E-state index is 12.9. The van der Waals surface area contributed by atoms with Crippen molar-refractivity contribution in [1.29, 1.82) is 0 Å². The molecule has 0 aliphatic carbocycles. The molecule has 3 rings (SSSR count). The van der Waals surface area contributed by atoms with Crippen LogP contribution in [-0.4, -0.2) is 65.3 Å². The molecule has 0 spiro atoms. The molecule has 0 atom stereocenters. The third-order valence-corrected chi connectivity index (χ3v) is 4.88. The minimum Gasteiger partial charge on any atom is -0.395 e. The number of nitrogens with zero attached hydrogens (tertiary/aromatic N) is 3. The third-order valence-electron chi connectivity index (χ3n) is 3.84. The van der Waals surface area contributed by atoms with Crippen molar-refractivity contribution >= 4 is 28.9 Å². The van der Waals surface area contributed by atoms with Gasteiger partial charge in [-0.2, -0.15) is 4.99 Å². The Morgan fingerprint density at radius 1 is 1.22 bits per heavy atom. The molecule has 1 aromatic rings. The number of rotatable bonds is 3. The van der Waals surface area contributed by atoms with Crippen LogP contribution in [-0.2, 0) is 4.79 Å². The number of piperazine rings is 1. The topological polar surface area (TPSA) is 56.1 Å². The molecular formula is C16H18FN3O2S. The van der Waals surface area contributed by atoms with E-state index >= 15 is 0 Å². The largest absolute Gasteiger partial charge is 0.395 e. The van der Waals surface area contributed by atoms with Crippen LogP contribution < -0.4 is 0 Å². The van der Waals surface area contributed by atoms with Gasteiger partial charge in [0, 0.05) is 32.7 Å². The molecule has 1 N–H and O–H groups in total. The van der Waals surface area contributed by atoms with E-state index in [2.05, 4.69) is 14.8 Å². The van der Waals surface area contributed by atoms with Gasteiger partial charge in [0.1, 0.15) is 5.82 Å². The maximum Gasteiger partial charge on any atom is 0.286 e. The molecule has 0 saturated carbocycles. The first-order chi connectivity index (χ1) is 11.2. The summed E-state index contributed by atoms with van der Waals surface area (Å²) in [4.78, 5) is 21.0. The SMILES string of the molecule is O=C1N=C(N2CCN(CCO)CC2)S/C1=C/c1ccc(F)cc1. The van der Waals surface area contributed by atoms with Gasteiger partial charge < -0.3 is 10.0 Å². The fraction of sp³-hybridized carbons (Fsp3) is 0.375. The second-order valence-electron chi connectivity index (χ2n) is 5.41. The van der Waals surface area contributed by atoms with E-state index in [4.69, 9.17) is 5.11 Å². The number of thioether (sulfide) groups is 1. The number of hydrogen-bond donors (Lipinski definition) is 1. The Labute approximate surface area is 138 Å². The molecule has 2 aliphatic heterocycles. The van der Waals surface area contributed by atoms with E-state index in [-0.39, 0.29) is 18.3 Å². The number of aliphatic imine (C=N–C) groups is 1. The van der Waals surface area contributed by atoms with Gasteiger partial charge >= 0.3 is 0 Å². The molecular weight excluding hydrogens is 317 g/mol. The van der Waals surface area contributed by atoms with Crippen LogP contribution >= 0.6 is 11.8 Å². The molecule has 0 bridgehead atoms. The van der Waals surface area contributed by atoms with Gasteiger partial charge in [0.15, 0.2) is 5.17 Å². The Hall–Kier alpha value is -1.70. The summed E-state index contributed by atoms with van der Waals surface area (Å²) < 4.78 is 12.9. The van der Waals surface area contributed by atoms with Crippen LogP contribution in [0, 0.1) is 5.82 Å². The lowest BCUT2D eigenvalue weighted by Gasteiger charge is -2.34. The highest BCUT2D eigenvalue weighted by molar-refractivity contribution is 8.18. The molecule has 1 aromatic carbocycles. The quantitative estimate of drug-likeness (QED) is 0.847. The van der Waals surface area contributed by atoms with Crippen molar-refractivity contribution in [1.82, 2.24) is 9.80 Å². The average Bonchev–Trinajstić information content (AvgIpc) is 2.92. The van der Waals surface area contributed by atoms with Crippen molar-refractivity contribution in [2.45, 2.75) is 0 Å². The number of carbonyl (C=O) groups is 1. The van der Waals surface area contributed by atoms with Crippen LogP contribution in [0.1, 0.15) is 5.56 Å². The Morgan fingerprint density at radius 3 is 2.57 bits per heavy atom. The Morgan fingerprint density at radius 2 is 1.91 bits per heavy atom. The number of hydrogen-bond acceptors (Lipinski definition) is 5. The van der Waals surface area contributed by atoms with E-state index in [0.717, 1.165) is 36.9 Å². The molecule has 0 aromatic heterocycles. The first-order valence-corrected chi connectivity index (χ1v) is 8.33. The van der Waals surface area contributed by atoms with Gasteiger partial charge in [0.2, 0.25) is 0 Å². The summed E-state index contributed by atoms with van der Waals surface area (Å²) in [6.07, 6.45) is 1.74. The first-order valence-electron chi connectivity index (χ1n) is 7.52. The standard InChI is InChI=1S/C16H18FN3O2S/c17-13-3-1-12(2-4-13)11-14-15(22)18-16(23-14)20-7-5-19(6-8-20)9-10-21/h1-4,11,21H,5-10H2/b14-11+. The number of benzene rings is 1. The van der Waals surface area contributed by atoms with E-state index in [0.29, 0.717) is 11.4 Å². The zero-order valence-electron chi connectivity index (χ0n) is 12.6. The van der Waals surface area contributed by atoms with Crippen LogP contribution in [0.3, 0.4) is 0 Å². The third kappa shape index (κ3) is 3.99. The molecule has 7 heteroatoms. The summed E-state index contributed by atoms with van der Waals surface area (Å²) in [5.41, 5.74) is 0.784. The normalized spacial score (nSPS) is 21.1. The molecule has 0 radical (unpaired) electrons. The number of aliphatic hydroxyl groups is 1. The van der Waals surface area contributed by atoms with E-state index in [1.165, 1.54) is 23.9 Å². The van der Waals surface area contributed by atoms with Crippen molar-refractivity contribution in [2.75, 3.05) is 39.3 Å². The van der Waals surface area contributed by atoms with Gasteiger partial charge in [-0.25, -0.2) is 4.39 Å². The second-order valence-corrected chi connectivity index (χ2v) is 6.42. The average molecular weight is 335 g/mol. The van der Waals surface area contributed by atoms with Gasteiger partial charge in [0.25, 0.3) is 5.91 Å². The lowest BCUT2D eigenvalue weighted by molar-refractivity contribution is -0.113. The fourth-order valence-electron chi connectivity index (χ4n) is 2.55. The summed E-state index contributed by atoms with van der Waals surface area (Å²) in [6.45, 7) is 4.14. The highest BCUT2D eigenvalue weighted by Gasteiger charge is 2.28. The van der Waals surface area contributed by atoms with Gasteiger partial charge in [-0.05, 0) is 35.5 Å². The monoisotopic (exact) mass is 335 g/mol. The molecule has 23 heavy (non-hydrogen) atoms. The summed E-state index contributed by atoms with van der Waals surface area (Å²) in [5.74, 6) is -0.539. The Bertz CT molecular complexity index is 637. The number of amides is 1. The van der Waals surface area contributed by atoms with Crippen molar-refractivity contribution in [3.63, 3.8) is 0 Å². The number of carbonyl (C=O) groups excluding carboxylic acids is 1. The minimum absolute atomic E-state index is 0.165. The van der Waals surface area contributed by atoms with Crippen molar-refractivity contribution in [2.24, 2.45) is 4.99 Å². The Kier molecular flexibility index (Phi) is 5.09. The predicted molar refractivity (Wildman–Crippen MR) is 89.5 cm³/mol. The zero-order chi connectivity index (χ0) is 16.2. The van der Waals surface area contributed by atoms with Crippen molar-refractivity contribution in [3.8, 4) is 0 Å². The zero-order valence-corrected chi connectivity index (χ0v) is 13.4. The number of halogens is 1. The predicted octanol–water partition coefficient (Wildman–Crippen LogP) is 1.41. The number of β-amino-alcohol motifs (C(OH)–C–C–N with tert-alkyl or cyclic N) is 1. The fourth-order valence-corrected chi connectivity index (χ4v) is 3.51. The van der Waals surface area contributed by atoms with Crippen LogP contribution in [0.5, 0.6) is 0 Å². The summed E-state index contributed by atoms with van der Waals surface area (Å²) in [7, 11) is 0. The van der Waals surface area contributed by atoms with Crippen LogP contribution in [0.15, 0.2) is 34.2 Å². The summed E-state index contributed by atoms with van der Waals surface area (Å²) >= 11 is 1.36. The van der Waals surface area contributed by atoms with E-state index in [1.54, 1.807) is 18.2 Å². The van der Waals surface area contributed by atoms with Crippen LogP contribution in [0.2, 0.25) is 0 Å². The second kappa shape index (κ2) is 7.25. The lowest BCUT2D eigenvalue weighted by Crippen LogP contribution is -2.48. The molecule has 1 fully saturated rings. The van der Waals surface area contributed by atoms with Crippen LogP contribution in [0.25, 0.3) is 6.08 Å². The van der Waals surface area contributed by atoms with Crippen molar-refractivity contribution < 1.29 is 14.3 Å². The number of amidine groups is 1. The minimum atomic E-state index is -0.296. The first kappa shape index (κ1) is 16.2. The molecule has 1 saturated heterocycles. The molecule has 0 unspecified atom stereocenters. The molecule has 5 nitrogen and oxygen atoms in total. The van der Waals surface area contributed by atoms with Gasteiger partial charge in [0.05, 0.1) is 11.5 Å². The van der Waals surface area contributed by atoms with Gasteiger partial charge in [-0.1, -0.05) is 12.1 Å². The lowest BCUT2D eigenvalue weighted by atomic mass is 10.2. The van der Waals surface area contributed by atoms with Crippen molar-refractivity contribution in [3.05, 3.63) is 40.6 Å². The molecule has 122 valence electrons. The van der Waals surface area contributed by atoms with Gasteiger partial charge in [-0.15, -0.1) is 0 Å². The summed E-state index contributed by atoms with van der Waals surface area (Å²) in [6, 6.07) is 6.03. The van der Waals surface area contributed by atoms with E-state index in [1.807, 2.05) is 0 Å². The highest BCUT2D eigenvalue weighted by Crippen LogP contribution is 2.30.